The van der Waals surface area contributed by atoms with Crippen molar-refractivity contribution in [1.29, 1.82) is 0 Å². The lowest BCUT2D eigenvalue weighted by atomic mass is 9.82. The molecular weight excluding hydrogens is 539 g/mol. The van der Waals surface area contributed by atoms with Crippen LogP contribution in [0.5, 0.6) is 0 Å². The SMILES string of the molecule is CC(C)(C)c1ccc(N(c2ccc([Si](C)(C)C)cc2)c2cc3c(c4c2oc2ccccc24)-c2ccccc2C3(C)C)cc1. The molecule has 43 heavy (non-hydrogen) atoms. The topological polar surface area (TPSA) is 16.4 Å². The van der Waals surface area contributed by atoms with Crippen LogP contribution in [0.4, 0.5) is 17.1 Å². The van der Waals surface area contributed by atoms with E-state index in [0.717, 1.165) is 28.2 Å². The van der Waals surface area contributed by atoms with Crippen LogP contribution < -0.4 is 10.1 Å². The average molecular weight is 580 g/mol. The molecule has 0 bridgehead atoms. The molecule has 0 radical (unpaired) electrons. The van der Waals surface area contributed by atoms with Crippen LogP contribution >= 0.6 is 0 Å². The molecule has 0 unspecified atom stereocenters. The summed E-state index contributed by atoms with van der Waals surface area (Å²) < 4.78 is 6.84. The lowest BCUT2D eigenvalue weighted by Crippen LogP contribution is -2.37. The van der Waals surface area contributed by atoms with Gasteiger partial charge in [-0.05, 0) is 69.6 Å². The van der Waals surface area contributed by atoms with E-state index in [1.165, 1.54) is 43.8 Å². The largest absolute Gasteiger partial charge is 0.454 e. The van der Waals surface area contributed by atoms with E-state index >= 15 is 0 Å². The molecule has 1 aromatic heterocycles. The summed E-state index contributed by atoms with van der Waals surface area (Å²) in [6, 6.07) is 38.2. The zero-order chi connectivity index (χ0) is 30.3. The first-order chi connectivity index (χ1) is 20.4. The van der Waals surface area contributed by atoms with Crippen molar-refractivity contribution in [3.05, 3.63) is 120 Å². The van der Waals surface area contributed by atoms with Crippen molar-refractivity contribution in [3.8, 4) is 11.1 Å². The molecule has 0 N–H and O–H groups in total. The third-order valence-electron chi connectivity index (χ3n) is 9.40. The van der Waals surface area contributed by atoms with Crippen molar-refractivity contribution >= 4 is 52.3 Å². The molecule has 1 aliphatic carbocycles. The lowest BCUT2D eigenvalue weighted by Gasteiger charge is -2.29. The fraction of sp³-hybridized carbons (Fsp3) is 0.250. The van der Waals surface area contributed by atoms with Crippen molar-refractivity contribution in [3.63, 3.8) is 0 Å². The normalized spacial score (nSPS) is 14.2. The summed E-state index contributed by atoms with van der Waals surface area (Å²) in [5.41, 5.74) is 11.8. The first-order valence-electron chi connectivity index (χ1n) is 15.5. The van der Waals surface area contributed by atoms with E-state index in [9.17, 15) is 0 Å². The highest BCUT2D eigenvalue weighted by molar-refractivity contribution is 6.88. The Morgan fingerprint density at radius 1 is 0.698 bits per heavy atom. The van der Waals surface area contributed by atoms with Crippen LogP contribution in [-0.2, 0) is 10.8 Å². The molecule has 6 aromatic rings. The first kappa shape index (κ1) is 27.7. The molecule has 0 saturated heterocycles. The second kappa shape index (κ2) is 9.46. The molecule has 0 atom stereocenters. The quantitative estimate of drug-likeness (QED) is 0.193. The Hall–Kier alpha value is -4.08. The highest BCUT2D eigenvalue weighted by atomic mass is 28.3. The highest BCUT2D eigenvalue weighted by Gasteiger charge is 2.39. The molecule has 2 nitrogen and oxygen atoms in total. The number of anilines is 3. The van der Waals surface area contributed by atoms with Gasteiger partial charge >= 0.3 is 0 Å². The van der Waals surface area contributed by atoms with Crippen LogP contribution in [0.1, 0.15) is 51.3 Å². The van der Waals surface area contributed by atoms with Gasteiger partial charge in [0.05, 0.1) is 13.8 Å². The number of hydrogen-bond acceptors (Lipinski definition) is 2. The van der Waals surface area contributed by atoms with E-state index < -0.39 is 8.07 Å². The van der Waals surface area contributed by atoms with Crippen molar-refractivity contribution in [2.45, 2.75) is 65.1 Å². The van der Waals surface area contributed by atoms with Gasteiger partial charge in [-0.2, -0.15) is 0 Å². The summed E-state index contributed by atoms with van der Waals surface area (Å²) in [6.07, 6.45) is 0. The Kier molecular flexibility index (Phi) is 6.10. The van der Waals surface area contributed by atoms with Crippen LogP contribution in [0.15, 0.2) is 108 Å². The smallest absolute Gasteiger partial charge is 0.160 e. The molecule has 1 heterocycles. The van der Waals surface area contributed by atoms with Gasteiger partial charge in [0.25, 0.3) is 0 Å². The van der Waals surface area contributed by atoms with Gasteiger partial charge in [0.1, 0.15) is 5.58 Å². The zero-order valence-corrected chi connectivity index (χ0v) is 27.7. The zero-order valence-electron chi connectivity index (χ0n) is 26.7. The minimum atomic E-state index is -1.45. The molecule has 5 aromatic carbocycles. The van der Waals surface area contributed by atoms with E-state index in [1.54, 1.807) is 0 Å². The summed E-state index contributed by atoms with van der Waals surface area (Å²) in [7, 11) is -1.45. The van der Waals surface area contributed by atoms with E-state index in [4.69, 9.17) is 4.42 Å². The van der Waals surface area contributed by atoms with Crippen LogP contribution in [0.3, 0.4) is 0 Å². The predicted molar refractivity (Wildman–Crippen MR) is 188 cm³/mol. The summed E-state index contributed by atoms with van der Waals surface area (Å²) in [5.74, 6) is 0. The second-order valence-corrected chi connectivity index (χ2v) is 19.8. The molecule has 1 aliphatic rings. The Morgan fingerprint density at radius 2 is 1.30 bits per heavy atom. The maximum absolute atomic E-state index is 6.84. The molecule has 0 aliphatic heterocycles. The van der Waals surface area contributed by atoms with Crippen LogP contribution in [0, 0.1) is 0 Å². The number of fused-ring (bicyclic) bond motifs is 7. The summed E-state index contributed by atoms with van der Waals surface area (Å²) in [4.78, 5) is 2.41. The molecule has 0 fully saturated rings. The Bertz CT molecular complexity index is 1940. The minimum Gasteiger partial charge on any atom is -0.454 e. The van der Waals surface area contributed by atoms with Gasteiger partial charge in [0.15, 0.2) is 5.58 Å². The fourth-order valence-electron chi connectivity index (χ4n) is 6.86. The molecule has 0 spiro atoms. The number of rotatable bonds is 4. The number of benzene rings is 5. The minimum absolute atomic E-state index is 0.0811. The molecule has 216 valence electrons. The number of nitrogens with zero attached hydrogens (tertiary/aromatic N) is 1. The van der Waals surface area contributed by atoms with E-state index in [-0.39, 0.29) is 10.8 Å². The highest BCUT2D eigenvalue weighted by Crippen LogP contribution is 2.56. The maximum Gasteiger partial charge on any atom is 0.160 e. The molecule has 0 saturated carbocycles. The van der Waals surface area contributed by atoms with Crippen LogP contribution in [0.25, 0.3) is 33.1 Å². The fourth-order valence-corrected chi connectivity index (χ4v) is 8.03. The van der Waals surface area contributed by atoms with Crippen LogP contribution in [0.2, 0.25) is 19.6 Å². The Labute approximate surface area is 257 Å². The molecule has 3 heteroatoms. The monoisotopic (exact) mass is 579 g/mol. The van der Waals surface area contributed by atoms with E-state index in [0.29, 0.717) is 0 Å². The van der Waals surface area contributed by atoms with E-state index in [1.807, 2.05) is 0 Å². The molecule has 0 amide bonds. The Balaban J connectivity index is 1.56. The van der Waals surface area contributed by atoms with Crippen molar-refractivity contribution < 1.29 is 4.42 Å². The van der Waals surface area contributed by atoms with Gasteiger partial charge < -0.3 is 9.32 Å². The first-order valence-corrected chi connectivity index (χ1v) is 19.0. The standard InChI is InChI=1S/C40H41NOSi/c1-39(2,3)26-17-19-27(20-18-26)41(28-21-23-29(24-22-28)43(6,7)8)34-25-33-36(30-13-9-11-15-32(30)40(33,4)5)37-31-14-10-12-16-35(31)42-38(34)37/h9-25H,1-8H3. The lowest BCUT2D eigenvalue weighted by molar-refractivity contribution is 0.590. The third kappa shape index (κ3) is 4.36. The van der Waals surface area contributed by atoms with Gasteiger partial charge in [-0.3, -0.25) is 0 Å². The summed E-state index contributed by atoms with van der Waals surface area (Å²) in [6.45, 7) is 18.8. The van der Waals surface area contributed by atoms with Crippen molar-refractivity contribution in [1.82, 2.24) is 0 Å². The molecule has 7 rings (SSSR count). The van der Waals surface area contributed by atoms with Gasteiger partial charge in [0.2, 0.25) is 0 Å². The summed E-state index contributed by atoms with van der Waals surface area (Å²) >= 11 is 0. The number of furan rings is 1. The van der Waals surface area contributed by atoms with Crippen LogP contribution in [-0.4, -0.2) is 8.07 Å². The number of hydrogen-bond donors (Lipinski definition) is 0. The van der Waals surface area contributed by atoms with Gasteiger partial charge in [-0.25, -0.2) is 0 Å². The summed E-state index contributed by atoms with van der Waals surface area (Å²) in [5, 5.41) is 3.83. The second-order valence-electron chi connectivity index (χ2n) is 14.7. The van der Waals surface area contributed by atoms with Crippen molar-refractivity contribution in [2.75, 3.05) is 4.90 Å². The van der Waals surface area contributed by atoms with Gasteiger partial charge in [0, 0.05) is 27.6 Å². The van der Waals surface area contributed by atoms with E-state index in [2.05, 4.69) is 162 Å². The predicted octanol–water partition coefficient (Wildman–Crippen LogP) is 11.2. The third-order valence-corrected chi connectivity index (χ3v) is 11.5. The number of para-hydroxylation sites is 1. The molecular formula is C40H41NOSi. The van der Waals surface area contributed by atoms with Gasteiger partial charge in [-0.1, -0.05) is 126 Å². The van der Waals surface area contributed by atoms with Gasteiger partial charge in [-0.15, -0.1) is 0 Å². The average Bonchev–Trinajstić information content (AvgIpc) is 3.46. The van der Waals surface area contributed by atoms with Crippen molar-refractivity contribution in [2.24, 2.45) is 0 Å². The maximum atomic E-state index is 6.84. The Morgan fingerprint density at radius 3 is 1.95 bits per heavy atom.